The Balaban J connectivity index is 1.46. The number of hydrogen-bond donors (Lipinski definition) is 1. The number of aromatic nitrogens is 3. The van der Waals surface area contributed by atoms with E-state index in [4.69, 9.17) is 9.47 Å². The van der Waals surface area contributed by atoms with Gasteiger partial charge in [-0.25, -0.2) is 0 Å². The number of nitrogens with one attached hydrogen (secondary N) is 1. The Morgan fingerprint density at radius 3 is 2.63 bits per heavy atom. The standard InChI is InChI=1S/C22H24N4O3S/c1-4-26-21(16-6-8-18-19(12-16)29-10-9-28-18)24-25-22(26)30-13-20(27)23-17-7-5-14(2)15(3)11-17/h5-8,11-12H,4,9-10,13H2,1-3H3,(H,23,27). The van der Waals surface area contributed by atoms with E-state index in [1.54, 1.807) is 0 Å². The number of thioether (sulfide) groups is 1. The minimum Gasteiger partial charge on any atom is -0.486 e. The molecule has 1 aromatic heterocycles. The topological polar surface area (TPSA) is 78.3 Å². The first-order chi connectivity index (χ1) is 14.5. The molecule has 156 valence electrons. The summed E-state index contributed by atoms with van der Waals surface area (Å²) in [7, 11) is 0. The van der Waals surface area contributed by atoms with Gasteiger partial charge in [0, 0.05) is 17.8 Å². The van der Waals surface area contributed by atoms with Crippen LogP contribution in [-0.4, -0.2) is 39.6 Å². The van der Waals surface area contributed by atoms with Gasteiger partial charge in [-0.15, -0.1) is 10.2 Å². The molecule has 1 aliphatic heterocycles. The number of hydrogen-bond acceptors (Lipinski definition) is 6. The van der Waals surface area contributed by atoms with E-state index in [2.05, 4.69) is 15.5 Å². The predicted octanol–water partition coefficient (Wildman–Crippen LogP) is 4.08. The molecule has 0 saturated heterocycles. The normalized spacial score (nSPS) is 12.6. The summed E-state index contributed by atoms with van der Waals surface area (Å²) in [5.41, 5.74) is 4.05. The van der Waals surface area contributed by atoms with Crippen molar-refractivity contribution in [1.82, 2.24) is 14.8 Å². The van der Waals surface area contributed by atoms with E-state index in [9.17, 15) is 4.79 Å². The molecule has 0 bridgehead atoms. The first-order valence-corrected chi connectivity index (χ1v) is 10.9. The predicted molar refractivity (Wildman–Crippen MR) is 117 cm³/mol. The SMILES string of the molecule is CCn1c(SCC(=O)Nc2ccc(C)c(C)c2)nnc1-c1ccc2c(c1)OCCO2. The molecule has 0 aliphatic carbocycles. The fourth-order valence-electron chi connectivity index (χ4n) is 3.22. The Kier molecular flexibility index (Phi) is 5.94. The largest absolute Gasteiger partial charge is 0.486 e. The maximum absolute atomic E-state index is 12.4. The first kappa shape index (κ1) is 20.3. The summed E-state index contributed by atoms with van der Waals surface area (Å²) in [6, 6.07) is 11.7. The molecule has 0 radical (unpaired) electrons. The van der Waals surface area contributed by atoms with Crippen molar-refractivity contribution in [3.05, 3.63) is 47.5 Å². The van der Waals surface area contributed by atoms with Gasteiger partial charge in [-0.2, -0.15) is 0 Å². The van der Waals surface area contributed by atoms with E-state index in [0.29, 0.717) is 30.7 Å². The lowest BCUT2D eigenvalue weighted by atomic mass is 10.1. The van der Waals surface area contributed by atoms with Crippen molar-refractivity contribution in [2.45, 2.75) is 32.5 Å². The highest BCUT2D eigenvalue weighted by molar-refractivity contribution is 7.99. The summed E-state index contributed by atoms with van der Waals surface area (Å²) in [6.45, 7) is 7.90. The number of anilines is 1. The second kappa shape index (κ2) is 8.79. The van der Waals surface area contributed by atoms with Gasteiger partial charge in [0.15, 0.2) is 22.5 Å². The molecule has 4 rings (SSSR count). The highest BCUT2D eigenvalue weighted by Crippen LogP contribution is 2.34. The van der Waals surface area contributed by atoms with Gasteiger partial charge >= 0.3 is 0 Å². The number of ether oxygens (including phenoxy) is 2. The number of carbonyl (C=O) groups excluding carboxylic acids is 1. The van der Waals surface area contributed by atoms with Crippen molar-refractivity contribution in [1.29, 1.82) is 0 Å². The number of rotatable bonds is 6. The lowest BCUT2D eigenvalue weighted by Crippen LogP contribution is -2.15. The lowest BCUT2D eigenvalue weighted by molar-refractivity contribution is -0.113. The maximum Gasteiger partial charge on any atom is 0.234 e. The molecule has 3 aromatic rings. The van der Waals surface area contributed by atoms with Crippen molar-refractivity contribution < 1.29 is 14.3 Å². The highest BCUT2D eigenvalue weighted by Gasteiger charge is 2.18. The molecule has 7 nitrogen and oxygen atoms in total. The Morgan fingerprint density at radius 1 is 1.07 bits per heavy atom. The van der Waals surface area contributed by atoms with Crippen LogP contribution in [0.15, 0.2) is 41.6 Å². The molecule has 30 heavy (non-hydrogen) atoms. The van der Waals surface area contributed by atoms with Crippen LogP contribution in [0.3, 0.4) is 0 Å². The van der Waals surface area contributed by atoms with Gasteiger partial charge < -0.3 is 19.4 Å². The van der Waals surface area contributed by atoms with Crippen LogP contribution in [0.1, 0.15) is 18.1 Å². The first-order valence-electron chi connectivity index (χ1n) is 9.88. The summed E-state index contributed by atoms with van der Waals surface area (Å²) in [4.78, 5) is 12.4. The van der Waals surface area contributed by atoms with Crippen molar-refractivity contribution in [3.8, 4) is 22.9 Å². The van der Waals surface area contributed by atoms with E-state index < -0.39 is 0 Å². The third kappa shape index (κ3) is 4.28. The van der Waals surface area contributed by atoms with Gasteiger partial charge in [-0.1, -0.05) is 17.8 Å². The zero-order valence-corrected chi connectivity index (χ0v) is 18.1. The molecule has 2 aromatic carbocycles. The zero-order valence-electron chi connectivity index (χ0n) is 17.3. The maximum atomic E-state index is 12.4. The van der Waals surface area contributed by atoms with E-state index in [0.717, 1.165) is 28.4 Å². The van der Waals surface area contributed by atoms with Gasteiger partial charge in [0.05, 0.1) is 5.75 Å². The number of amides is 1. The molecular weight excluding hydrogens is 400 g/mol. The highest BCUT2D eigenvalue weighted by atomic mass is 32.2. The average molecular weight is 425 g/mol. The third-order valence-corrected chi connectivity index (χ3v) is 5.92. The van der Waals surface area contributed by atoms with Crippen LogP contribution in [0.5, 0.6) is 11.5 Å². The molecular formula is C22H24N4O3S. The van der Waals surface area contributed by atoms with Gasteiger partial charge in [0.2, 0.25) is 5.91 Å². The van der Waals surface area contributed by atoms with Crippen LogP contribution in [0.2, 0.25) is 0 Å². The minimum atomic E-state index is -0.0743. The van der Waals surface area contributed by atoms with Gasteiger partial charge in [0.1, 0.15) is 13.2 Å². The van der Waals surface area contributed by atoms with E-state index in [-0.39, 0.29) is 11.7 Å². The summed E-state index contributed by atoms with van der Waals surface area (Å²) < 4.78 is 13.3. The Morgan fingerprint density at radius 2 is 1.87 bits per heavy atom. The Labute approximate surface area is 179 Å². The number of benzene rings is 2. The van der Waals surface area contributed by atoms with Gasteiger partial charge in [-0.05, 0) is 62.2 Å². The van der Waals surface area contributed by atoms with E-state index in [1.807, 2.05) is 61.7 Å². The van der Waals surface area contributed by atoms with Gasteiger partial charge in [-0.3, -0.25) is 4.79 Å². The minimum absolute atomic E-state index is 0.0743. The van der Waals surface area contributed by atoms with Crippen molar-refractivity contribution >= 4 is 23.4 Å². The van der Waals surface area contributed by atoms with Crippen molar-refractivity contribution in [2.75, 3.05) is 24.3 Å². The number of aryl methyl sites for hydroxylation is 2. The molecule has 0 unspecified atom stereocenters. The lowest BCUT2D eigenvalue weighted by Gasteiger charge is -2.18. The number of nitrogens with zero attached hydrogens (tertiary/aromatic N) is 3. The molecule has 2 heterocycles. The molecule has 1 N–H and O–H groups in total. The Bertz CT molecular complexity index is 1080. The average Bonchev–Trinajstić information content (AvgIpc) is 3.17. The van der Waals surface area contributed by atoms with Gasteiger partial charge in [0.25, 0.3) is 0 Å². The van der Waals surface area contributed by atoms with Crippen LogP contribution in [0.4, 0.5) is 5.69 Å². The number of carbonyl (C=O) groups is 1. The van der Waals surface area contributed by atoms with E-state index >= 15 is 0 Å². The molecule has 0 saturated carbocycles. The quantitative estimate of drug-likeness (QED) is 0.601. The fourth-order valence-corrected chi connectivity index (χ4v) is 4.03. The molecule has 0 spiro atoms. The van der Waals surface area contributed by atoms with Crippen molar-refractivity contribution in [2.24, 2.45) is 0 Å². The Hall–Kier alpha value is -3.00. The van der Waals surface area contributed by atoms with E-state index in [1.165, 1.54) is 17.3 Å². The monoisotopic (exact) mass is 424 g/mol. The second-order valence-corrected chi connectivity index (χ2v) is 7.99. The third-order valence-electron chi connectivity index (χ3n) is 4.96. The molecule has 1 aliphatic rings. The summed E-state index contributed by atoms with van der Waals surface area (Å²) in [5.74, 6) is 2.38. The summed E-state index contributed by atoms with van der Waals surface area (Å²) >= 11 is 1.37. The zero-order chi connectivity index (χ0) is 21.1. The second-order valence-electron chi connectivity index (χ2n) is 7.04. The summed E-state index contributed by atoms with van der Waals surface area (Å²) in [5, 5.41) is 12.3. The molecule has 0 atom stereocenters. The van der Waals surface area contributed by atoms with Crippen LogP contribution in [-0.2, 0) is 11.3 Å². The van der Waals surface area contributed by atoms with Crippen molar-refractivity contribution in [3.63, 3.8) is 0 Å². The number of fused-ring (bicyclic) bond motifs is 1. The summed E-state index contributed by atoms with van der Waals surface area (Å²) in [6.07, 6.45) is 0. The molecule has 0 fully saturated rings. The van der Waals surface area contributed by atoms with Crippen LogP contribution in [0.25, 0.3) is 11.4 Å². The van der Waals surface area contributed by atoms with Crippen LogP contribution >= 0.6 is 11.8 Å². The molecule has 8 heteroatoms. The van der Waals surface area contributed by atoms with Crippen LogP contribution < -0.4 is 14.8 Å². The molecule has 1 amide bonds. The van der Waals surface area contributed by atoms with Crippen LogP contribution in [0, 0.1) is 13.8 Å². The fraction of sp³-hybridized carbons (Fsp3) is 0.318. The smallest absolute Gasteiger partial charge is 0.234 e.